The molecule has 1 saturated heterocycles. The van der Waals surface area contributed by atoms with E-state index < -0.39 is 9.84 Å². The van der Waals surface area contributed by atoms with Crippen molar-refractivity contribution in [1.29, 1.82) is 0 Å². The normalized spacial score (nSPS) is 19.3. The molecule has 2 aromatic rings. The van der Waals surface area contributed by atoms with Gasteiger partial charge in [-0.2, -0.15) is 0 Å². The molecule has 128 valence electrons. The summed E-state index contributed by atoms with van der Waals surface area (Å²) in [5.41, 5.74) is 3.40. The lowest BCUT2D eigenvalue weighted by molar-refractivity contribution is 0.0744. The summed E-state index contributed by atoms with van der Waals surface area (Å²) >= 11 is 3.12. The van der Waals surface area contributed by atoms with E-state index in [-0.39, 0.29) is 23.5 Å². The van der Waals surface area contributed by atoms with Crippen molar-refractivity contribution in [1.82, 2.24) is 9.88 Å². The van der Waals surface area contributed by atoms with Crippen molar-refractivity contribution >= 4 is 38.8 Å². The first-order valence-corrected chi connectivity index (χ1v) is 11.3. The minimum absolute atomic E-state index is 0.0589. The number of benzene rings is 1. The number of aromatic nitrogens is 1. The van der Waals surface area contributed by atoms with Gasteiger partial charge in [0.2, 0.25) is 0 Å². The molecule has 2 heterocycles. The maximum absolute atomic E-state index is 12.8. The monoisotopic (exact) mass is 382 g/mol. The number of thiazole rings is 1. The van der Waals surface area contributed by atoms with E-state index in [1.54, 1.807) is 46.6 Å². The molecule has 0 aliphatic carbocycles. The van der Waals surface area contributed by atoms with Gasteiger partial charge in [-0.25, -0.2) is 13.4 Å². The number of hydrogen-bond acceptors (Lipinski definition) is 6. The molecule has 1 atom stereocenters. The molecule has 5 nitrogen and oxygen atoms in total. The fraction of sp³-hybridized carbons (Fsp3) is 0.375. The summed E-state index contributed by atoms with van der Waals surface area (Å²) in [5, 5.41) is 1.99. The Morgan fingerprint density at radius 2 is 2.21 bits per heavy atom. The van der Waals surface area contributed by atoms with Crippen LogP contribution in [0.2, 0.25) is 0 Å². The molecule has 0 saturated carbocycles. The van der Waals surface area contributed by atoms with E-state index in [1.807, 2.05) is 23.6 Å². The Morgan fingerprint density at radius 1 is 1.42 bits per heavy atom. The summed E-state index contributed by atoms with van der Waals surface area (Å²) in [7, 11) is -1.32. The van der Waals surface area contributed by atoms with Gasteiger partial charge in [0.1, 0.15) is 0 Å². The second-order valence-electron chi connectivity index (χ2n) is 5.74. The predicted octanol–water partition coefficient (Wildman–Crippen LogP) is 2.69. The van der Waals surface area contributed by atoms with E-state index in [0.29, 0.717) is 17.7 Å². The van der Waals surface area contributed by atoms with Gasteiger partial charge in [0.25, 0.3) is 5.91 Å². The van der Waals surface area contributed by atoms with Crippen LogP contribution in [0, 0.1) is 0 Å². The minimum Gasteiger partial charge on any atom is -0.338 e. The van der Waals surface area contributed by atoms with Gasteiger partial charge in [0.15, 0.2) is 9.84 Å². The Labute approximate surface area is 150 Å². The summed E-state index contributed by atoms with van der Waals surface area (Å²) in [4.78, 5) is 19.6. The molecule has 1 unspecified atom stereocenters. The van der Waals surface area contributed by atoms with Crippen molar-refractivity contribution in [3.8, 4) is 0 Å². The fourth-order valence-electron chi connectivity index (χ4n) is 2.67. The first-order chi connectivity index (χ1) is 11.5. The molecule has 1 aromatic heterocycles. The Morgan fingerprint density at radius 3 is 2.88 bits per heavy atom. The number of rotatable bonds is 5. The molecular weight excluding hydrogens is 364 g/mol. The third-order valence-corrected chi connectivity index (χ3v) is 7.55. The average Bonchev–Trinajstić information content (AvgIpc) is 3.21. The summed E-state index contributed by atoms with van der Waals surface area (Å²) in [6.07, 6.45) is 0.513. The van der Waals surface area contributed by atoms with E-state index in [2.05, 4.69) is 4.98 Å². The van der Waals surface area contributed by atoms with Gasteiger partial charge in [-0.3, -0.25) is 4.79 Å². The van der Waals surface area contributed by atoms with Gasteiger partial charge in [-0.15, -0.1) is 23.1 Å². The molecule has 1 aromatic carbocycles. The zero-order chi connectivity index (χ0) is 17.2. The van der Waals surface area contributed by atoms with Crippen molar-refractivity contribution < 1.29 is 13.2 Å². The first-order valence-electron chi connectivity index (χ1n) is 7.53. The molecule has 0 spiro atoms. The Bertz CT molecular complexity index is 819. The zero-order valence-corrected chi connectivity index (χ0v) is 15.7. The van der Waals surface area contributed by atoms with E-state index in [0.717, 1.165) is 10.6 Å². The van der Waals surface area contributed by atoms with Gasteiger partial charge in [-0.05, 0) is 18.6 Å². The van der Waals surface area contributed by atoms with E-state index in [1.165, 1.54) is 0 Å². The van der Waals surface area contributed by atoms with E-state index >= 15 is 0 Å². The molecule has 0 N–H and O–H groups in total. The van der Waals surface area contributed by atoms with Crippen LogP contribution in [-0.2, 0) is 15.6 Å². The lowest BCUT2D eigenvalue weighted by atomic mass is 10.1. The van der Waals surface area contributed by atoms with Crippen LogP contribution in [0.15, 0.2) is 40.1 Å². The molecular formula is C16H18N2O3S3. The number of thioether (sulfide) groups is 1. The molecule has 1 fully saturated rings. The van der Waals surface area contributed by atoms with Crippen LogP contribution in [0.25, 0.3) is 0 Å². The van der Waals surface area contributed by atoms with E-state index in [9.17, 15) is 13.2 Å². The number of carbonyl (C=O) groups excluding carboxylic acids is 1. The molecule has 1 aliphatic heterocycles. The van der Waals surface area contributed by atoms with Crippen LogP contribution in [0.3, 0.4) is 0 Å². The molecule has 3 rings (SSSR count). The SMILES string of the molecule is CN(C(=O)c1ccccc1SCc1cscn1)C1CCS(=O)(=O)C1. The quantitative estimate of drug-likeness (QED) is 0.744. The van der Waals surface area contributed by atoms with Crippen molar-refractivity contribution in [3.63, 3.8) is 0 Å². The minimum atomic E-state index is -3.01. The topological polar surface area (TPSA) is 67.3 Å². The van der Waals surface area contributed by atoms with Gasteiger partial charge < -0.3 is 4.90 Å². The number of hydrogen-bond donors (Lipinski definition) is 0. The lowest BCUT2D eigenvalue weighted by Crippen LogP contribution is -2.38. The van der Waals surface area contributed by atoms with Crippen LogP contribution in [-0.4, -0.2) is 48.8 Å². The van der Waals surface area contributed by atoms with Crippen molar-refractivity contribution in [3.05, 3.63) is 46.4 Å². The maximum atomic E-state index is 12.8. The molecule has 8 heteroatoms. The number of carbonyl (C=O) groups is 1. The molecule has 1 amide bonds. The maximum Gasteiger partial charge on any atom is 0.255 e. The summed E-state index contributed by atoms with van der Waals surface area (Å²) in [5.74, 6) is 0.798. The highest BCUT2D eigenvalue weighted by molar-refractivity contribution is 7.98. The number of amides is 1. The highest BCUT2D eigenvalue weighted by Crippen LogP contribution is 2.28. The van der Waals surface area contributed by atoms with Crippen LogP contribution >= 0.6 is 23.1 Å². The van der Waals surface area contributed by atoms with Crippen LogP contribution in [0.4, 0.5) is 0 Å². The highest BCUT2D eigenvalue weighted by atomic mass is 32.2. The lowest BCUT2D eigenvalue weighted by Gasteiger charge is -2.24. The zero-order valence-electron chi connectivity index (χ0n) is 13.2. The van der Waals surface area contributed by atoms with Crippen molar-refractivity contribution in [2.24, 2.45) is 0 Å². The molecule has 24 heavy (non-hydrogen) atoms. The predicted molar refractivity (Wildman–Crippen MR) is 97.3 cm³/mol. The summed E-state index contributed by atoms with van der Waals surface area (Å²) in [6, 6.07) is 7.22. The smallest absolute Gasteiger partial charge is 0.255 e. The van der Waals surface area contributed by atoms with Gasteiger partial charge in [0, 0.05) is 29.1 Å². The number of nitrogens with zero attached hydrogens (tertiary/aromatic N) is 2. The number of sulfone groups is 1. The second kappa shape index (κ2) is 7.25. The van der Waals surface area contributed by atoms with Crippen LogP contribution in [0.5, 0.6) is 0 Å². The van der Waals surface area contributed by atoms with Gasteiger partial charge in [-0.1, -0.05) is 12.1 Å². The Hall–Kier alpha value is -1.38. The van der Waals surface area contributed by atoms with Crippen molar-refractivity contribution in [2.45, 2.75) is 23.1 Å². The second-order valence-corrected chi connectivity index (χ2v) is 9.70. The molecule has 1 aliphatic rings. The van der Waals surface area contributed by atoms with Crippen LogP contribution in [0.1, 0.15) is 22.5 Å². The highest BCUT2D eigenvalue weighted by Gasteiger charge is 2.33. The summed E-state index contributed by atoms with van der Waals surface area (Å²) < 4.78 is 23.3. The van der Waals surface area contributed by atoms with Crippen LogP contribution < -0.4 is 0 Å². The molecule has 0 radical (unpaired) electrons. The first kappa shape index (κ1) is 17.4. The standard InChI is InChI=1S/C16H18N2O3S3/c1-18(13-6-7-24(20,21)10-13)16(19)14-4-2-3-5-15(14)23-9-12-8-22-11-17-12/h2-5,8,11,13H,6-7,9-10H2,1H3. The Balaban J connectivity index is 1.74. The van der Waals surface area contributed by atoms with Crippen molar-refractivity contribution in [2.75, 3.05) is 18.6 Å². The third-order valence-electron chi connectivity index (χ3n) is 4.05. The average molecular weight is 383 g/mol. The fourth-order valence-corrected chi connectivity index (χ4v) is 6.05. The van der Waals surface area contributed by atoms with Gasteiger partial charge >= 0.3 is 0 Å². The molecule has 0 bridgehead atoms. The van der Waals surface area contributed by atoms with E-state index in [4.69, 9.17) is 0 Å². The third kappa shape index (κ3) is 3.99. The largest absolute Gasteiger partial charge is 0.338 e. The van der Waals surface area contributed by atoms with Gasteiger partial charge in [0.05, 0.1) is 28.3 Å². The Kier molecular flexibility index (Phi) is 5.27. The summed E-state index contributed by atoms with van der Waals surface area (Å²) in [6.45, 7) is 0.